The van der Waals surface area contributed by atoms with Crippen LogP contribution in [0.25, 0.3) is 6.08 Å². The number of rotatable bonds is 7. The summed E-state index contributed by atoms with van der Waals surface area (Å²) in [6, 6.07) is 12.1. The van der Waals surface area contributed by atoms with Crippen molar-refractivity contribution in [3.8, 4) is 6.07 Å². The lowest BCUT2D eigenvalue weighted by Crippen LogP contribution is -2.42. The average molecular weight is 393 g/mol. The highest BCUT2D eigenvalue weighted by atomic mass is 16.2. The summed E-state index contributed by atoms with van der Waals surface area (Å²) in [5.74, 6) is -0.437. The van der Waals surface area contributed by atoms with E-state index in [9.17, 15) is 14.9 Å². The lowest BCUT2D eigenvalue weighted by molar-refractivity contribution is -0.123. The summed E-state index contributed by atoms with van der Waals surface area (Å²) in [7, 11) is 0. The number of hydrogen-bond acceptors (Lipinski definition) is 3. The van der Waals surface area contributed by atoms with E-state index in [-0.39, 0.29) is 11.5 Å². The minimum Gasteiger partial charge on any atom is -0.348 e. The molecular weight excluding hydrogens is 364 g/mol. The number of nitriles is 1. The zero-order chi connectivity index (χ0) is 21.6. The Bertz CT molecular complexity index is 949. The van der Waals surface area contributed by atoms with Gasteiger partial charge in [-0.1, -0.05) is 32.0 Å². The molecule has 0 aliphatic heterocycles. The van der Waals surface area contributed by atoms with Gasteiger partial charge in [0, 0.05) is 23.6 Å². The fourth-order valence-electron chi connectivity index (χ4n) is 3.04. The number of nitrogens with zero attached hydrogens (tertiary/aromatic N) is 2. The van der Waals surface area contributed by atoms with Gasteiger partial charge in [0.05, 0.1) is 0 Å². The fourth-order valence-corrected chi connectivity index (χ4v) is 3.04. The van der Waals surface area contributed by atoms with Crippen molar-refractivity contribution < 1.29 is 9.59 Å². The molecule has 2 N–H and O–H groups in total. The van der Waals surface area contributed by atoms with Gasteiger partial charge in [0.1, 0.15) is 17.7 Å². The molecular formula is C23H28N4O2. The van der Waals surface area contributed by atoms with Crippen molar-refractivity contribution in [2.75, 3.05) is 5.32 Å². The van der Waals surface area contributed by atoms with Crippen molar-refractivity contribution in [1.82, 2.24) is 9.88 Å². The Kier molecular flexibility index (Phi) is 7.38. The van der Waals surface area contributed by atoms with Crippen LogP contribution in [0.3, 0.4) is 0 Å². The number of anilines is 1. The first-order valence-electron chi connectivity index (χ1n) is 9.68. The van der Waals surface area contributed by atoms with Crippen LogP contribution < -0.4 is 10.6 Å². The molecule has 2 amide bonds. The molecule has 152 valence electrons. The van der Waals surface area contributed by atoms with Gasteiger partial charge in [-0.3, -0.25) is 9.59 Å². The maximum Gasteiger partial charge on any atom is 0.262 e. The topological polar surface area (TPSA) is 86.9 Å². The molecule has 1 unspecified atom stereocenters. The Balaban J connectivity index is 2.12. The predicted octanol–water partition coefficient (Wildman–Crippen LogP) is 3.81. The largest absolute Gasteiger partial charge is 0.348 e. The van der Waals surface area contributed by atoms with Crippen LogP contribution in [0, 0.1) is 31.1 Å². The number of amides is 2. The Labute approximate surface area is 172 Å². The van der Waals surface area contributed by atoms with E-state index >= 15 is 0 Å². The third kappa shape index (κ3) is 5.82. The number of carbonyl (C=O) groups is 2. The minimum absolute atomic E-state index is 0.0332. The maximum absolute atomic E-state index is 12.5. The molecule has 1 aromatic carbocycles. The van der Waals surface area contributed by atoms with Crippen molar-refractivity contribution in [3.05, 3.63) is 58.9 Å². The van der Waals surface area contributed by atoms with Gasteiger partial charge in [-0.15, -0.1) is 0 Å². The number of benzene rings is 1. The molecule has 0 aliphatic rings. The van der Waals surface area contributed by atoms with E-state index in [0.717, 1.165) is 23.5 Å². The van der Waals surface area contributed by atoms with Crippen molar-refractivity contribution in [1.29, 1.82) is 5.26 Å². The van der Waals surface area contributed by atoms with E-state index in [4.69, 9.17) is 0 Å². The molecule has 0 fully saturated rings. The van der Waals surface area contributed by atoms with E-state index in [1.165, 1.54) is 0 Å². The van der Waals surface area contributed by atoms with E-state index in [2.05, 4.69) is 29.0 Å². The third-order valence-corrected chi connectivity index (χ3v) is 4.61. The second-order valence-corrected chi connectivity index (χ2v) is 7.55. The van der Waals surface area contributed by atoms with E-state index < -0.39 is 11.9 Å². The predicted molar refractivity (Wildman–Crippen MR) is 115 cm³/mol. The summed E-state index contributed by atoms with van der Waals surface area (Å²) in [6.45, 7) is 10.7. The molecule has 1 atom stereocenters. The van der Waals surface area contributed by atoms with Crippen LogP contribution in [0.15, 0.2) is 42.0 Å². The molecule has 0 spiro atoms. The minimum atomic E-state index is -0.784. The summed E-state index contributed by atoms with van der Waals surface area (Å²) in [4.78, 5) is 24.8. The zero-order valence-corrected chi connectivity index (χ0v) is 17.6. The van der Waals surface area contributed by atoms with Gasteiger partial charge in [0.25, 0.3) is 5.91 Å². The summed E-state index contributed by atoms with van der Waals surface area (Å²) < 4.78 is 2.18. The molecule has 1 heterocycles. The maximum atomic E-state index is 12.5. The van der Waals surface area contributed by atoms with Crippen LogP contribution in [-0.2, 0) is 16.1 Å². The lowest BCUT2D eigenvalue weighted by Gasteiger charge is -2.14. The highest BCUT2D eigenvalue weighted by Gasteiger charge is 2.19. The number of para-hydroxylation sites is 1. The van der Waals surface area contributed by atoms with Crippen molar-refractivity contribution in [3.63, 3.8) is 0 Å². The lowest BCUT2D eigenvalue weighted by atomic mass is 10.1. The quantitative estimate of drug-likeness (QED) is 0.555. The summed E-state index contributed by atoms with van der Waals surface area (Å²) in [5.41, 5.74) is 3.53. The Morgan fingerprint density at radius 2 is 1.83 bits per heavy atom. The number of carbonyl (C=O) groups excluding carboxylic acids is 2. The monoisotopic (exact) mass is 392 g/mol. The van der Waals surface area contributed by atoms with Crippen LogP contribution in [0.4, 0.5) is 5.69 Å². The highest BCUT2D eigenvalue weighted by molar-refractivity contribution is 6.05. The van der Waals surface area contributed by atoms with Crippen molar-refractivity contribution >= 4 is 23.6 Å². The molecule has 29 heavy (non-hydrogen) atoms. The standard InChI is InChI=1S/C23H28N4O2/c1-15(2)14-27-16(3)11-19(18(27)5)12-20(13-24)23(29)25-17(4)22(28)26-21-9-7-6-8-10-21/h6-12,15,17H,14H2,1-5H3,(H,25,29)(H,26,28)/b20-12-. The van der Waals surface area contributed by atoms with Gasteiger partial charge < -0.3 is 15.2 Å². The van der Waals surface area contributed by atoms with E-state index in [1.54, 1.807) is 25.1 Å². The molecule has 0 radical (unpaired) electrons. The third-order valence-electron chi connectivity index (χ3n) is 4.61. The Morgan fingerprint density at radius 3 is 2.41 bits per heavy atom. The van der Waals surface area contributed by atoms with Gasteiger partial charge in [0.15, 0.2) is 0 Å². The second kappa shape index (κ2) is 9.74. The summed E-state index contributed by atoms with van der Waals surface area (Å²) in [5, 5.41) is 14.8. The molecule has 6 heteroatoms. The van der Waals surface area contributed by atoms with Crippen LogP contribution in [0.2, 0.25) is 0 Å². The normalized spacial score (nSPS) is 12.4. The first-order chi connectivity index (χ1) is 13.7. The molecule has 1 aromatic heterocycles. The summed E-state index contributed by atoms with van der Waals surface area (Å²) in [6.07, 6.45) is 1.58. The molecule has 0 saturated heterocycles. The van der Waals surface area contributed by atoms with E-state index in [1.807, 2.05) is 44.2 Å². The molecule has 0 bridgehead atoms. The van der Waals surface area contributed by atoms with Crippen LogP contribution >= 0.6 is 0 Å². The van der Waals surface area contributed by atoms with Crippen LogP contribution in [-0.4, -0.2) is 22.4 Å². The average Bonchev–Trinajstić information content (AvgIpc) is 2.93. The van der Waals surface area contributed by atoms with Gasteiger partial charge in [-0.05, 0) is 56.5 Å². The van der Waals surface area contributed by atoms with Gasteiger partial charge in [0.2, 0.25) is 5.91 Å². The molecule has 2 aromatic rings. The second-order valence-electron chi connectivity index (χ2n) is 7.55. The number of aromatic nitrogens is 1. The SMILES string of the molecule is Cc1cc(/C=C(/C#N)C(=O)NC(C)C(=O)Nc2ccccc2)c(C)n1CC(C)C. The molecule has 0 saturated carbocycles. The van der Waals surface area contributed by atoms with Gasteiger partial charge >= 0.3 is 0 Å². The van der Waals surface area contributed by atoms with Gasteiger partial charge in [-0.2, -0.15) is 5.26 Å². The smallest absolute Gasteiger partial charge is 0.262 e. The first-order valence-corrected chi connectivity index (χ1v) is 9.68. The van der Waals surface area contributed by atoms with E-state index in [0.29, 0.717) is 11.6 Å². The van der Waals surface area contributed by atoms with Crippen LogP contribution in [0.1, 0.15) is 37.7 Å². The fraction of sp³-hybridized carbons (Fsp3) is 0.348. The highest BCUT2D eigenvalue weighted by Crippen LogP contribution is 2.20. The number of aryl methyl sites for hydroxylation is 1. The first kappa shape index (κ1) is 22.0. The Morgan fingerprint density at radius 1 is 1.17 bits per heavy atom. The zero-order valence-electron chi connectivity index (χ0n) is 17.6. The van der Waals surface area contributed by atoms with Crippen molar-refractivity contribution in [2.45, 2.75) is 47.2 Å². The Hall–Kier alpha value is -3.33. The molecule has 6 nitrogen and oxygen atoms in total. The van der Waals surface area contributed by atoms with Crippen molar-refractivity contribution in [2.24, 2.45) is 5.92 Å². The molecule has 2 rings (SSSR count). The summed E-state index contributed by atoms with van der Waals surface area (Å²) >= 11 is 0. The number of nitrogens with one attached hydrogen (secondary N) is 2. The van der Waals surface area contributed by atoms with Crippen LogP contribution in [0.5, 0.6) is 0 Å². The number of hydrogen-bond donors (Lipinski definition) is 2. The van der Waals surface area contributed by atoms with Gasteiger partial charge in [-0.25, -0.2) is 0 Å². The molecule has 0 aliphatic carbocycles.